The Balaban J connectivity index is 1.69. The minimum Gasteiger partial charge on any atom is -0.384 e. The number of nitrogen functional groups attached to an aromatic ring is 1. The third-order valence-electron chi connectivity index (χ3n) is 5.01. The van der Waals surface area contributed by atoms with Crippen LogP contribution in [0, 0.1) is 5.82 Å². The van der Waals surface area contributed by atoms with E-state index in [1.165, 1.54) is 11.0 Å². The number of Topliss-reactive ketones (excluding diaryl/α,β-unsaturated/α-hetero) is 1. The van der Waals surface area contributed by atoms with Crippen LogP contribution in [0.15, 0.2) is 60.8 Å². The van der Waals surface area contributed by atoms with Crippen molar-refractivity contribution >= 4 is 23.2 Å². The second-order valence-corrected chi connectivity index (χ2v) is 7.06. The molecule has 30 heavy (non-hydrogen) atoms. The average Bonchev–Trinajstić information content (AvgIpc) is 2.77. The van der Waals surface area contributed by atoms with Gasteiger partial charge in [-0.1, -0.05) is 43.3 Å². The summed E-state index contributed by atoms with van der Waals surface area (Å²) in [5, 5.41) is 0. The summed E-state index contributed by atoms with van der Waals surface area (Å²) in [6.45, 7) is 1.74. The Labute approximate surface area is 175 Å². The van der Waals surface area contributed by atoms with E-state index in [1.54, 1.807) is 62.6 Å². The van der Waals surface area contributed by atoms with Crippen LogP contribution in [0.1, 0.15) is 35.7 Å². The van der Waals surface area contributed by atoms with Gasteiger partial charge in [0.1, 0.15) is 11.6 Å². The number of pyridine rings is 1. The Bertz CT molecular complexity index is 1050. The van der Waals surface area contributed by atoms with Crippen molar-refractivity contribution in [1.82, 2.24) is 4.98 Å². The molecule has 1 heterocycles. The molecule has 5 nitrogen and oxygen atoms in total. The summed E-state index contributed by atoms with van der Waals surface area (Å²) in [5.41, 5.74) is 8.85. The molecule has 0 aliphatic rings. The molecule has 6 heteroatoms. The highest BCUT2D eigenvalue weighted by atomic mass is 19.1. The number of aromatic nitrogens is 1. The first kappa shape index (κ1) is 21.2. The Hall–Kier alpha value is -3.54. The van der Waals surface area contributed by atoms with Crippen molar-refractivity contribution in [2.45, 2.75) is 26.2 Å². The lowest BCUT2D eigenvalue weighted by atomic mass is 9.99. The van der Waals surface area contributed by atoms with E-state index in [4.69, 9.17) is 5.73 Å². The van der Waals surface area contributed by atoms with E-state index < -0.39 is 5.82 Å². The normalized spacial score (nSPS) is 10.6. The molecule has 0 bridgehead atoms. The maximum atomic E-state index is 14.5. The zero-order chi connectivity index (χ0) is 21.7. The van der Waals surface area contributed by atoms with E-state index >= 15 is 0 Å². The van der Waals surface area contributed by atoms with E-state index in [1.807, 2.05) is 6.07 Å². The summed E-state index contributed by atoms with van der Waals surface area (Å²) in [6.07, 6.45) is 2.94. The fraction of sp³-hybridized carbons (Fsp3) is 0.208. The number of carbonyl (C=O) groups excluding carboxylic acids is 2. The van der Waals surface area contributed by atoms with Gasteiger partial charge in [-0.3, -0.25) is 9.59 Å². The van der Waals surface area contributed by atoms with E-state index in [-0.39, 0.29) is 17.4 Å². The van der Waals surface area contributed by atoms with Crippen molar-refractivity contribution in [2.75, 3.05) is 17.7 Å². The van der Waals surface area contributed by atoms with Gasteiger partial charge in [0, 0.05) is 31.6 Å². The summed E-state index contributed by atoms with van der Waals surface area (Å²) in [5.74, 6) is -0.137. The summed E-state index contributed by atoms with van der Waals surface area (Å²) in [6, 6.07) is 15.4. The number of rotatable bonds is 7. The summed E-state index contributed by atoms with van der Waals surface area (Å²) < 4.78 is 14.5. The third-order valence-corrected chi connectivity index (χ3v) is 5.01. The topological polar surface area (TPSA) is 76.3 Å². The largest absolute Gasteiger partial charge is 0.384 e. The Morgan fingerprint density at radius 2 is 1.73 bits per heavy atom. The Kier molecular flexibility index (Phi) is 6.57. The molecular formula is C24H24FN3O2. The number of amides is 1. The lowest BCUT2D eigenvalue weighted by molar-refractivity contribution is -0.118. The molecule has 0 aliphatic carbocycles. The number of hydrogen-bond acceptors (Lipinski definition) is 4. The number of halogens is 1. The molecule has 3 rings (SSSR count). The van der Waals surface area contributed by atoms with Crippen molar-refractivity contribution < 1.29 is 14.0 Å². The number of ketones is 1. The van der Waals surface area contributed by atoms with Crippen molar-refractivity contribution in [3.8, 4) is 11.1 Å². The first-order chi connectivity index (χ1) is 14.4. The molecule has 0 saturated heterocycles. The van der Waals surface area contributed by atoms with Crippen LogP contribution in [0.5, 0.6) is 0 Å². The highest BCUT2D eigenvalue weighted by Crippen LogP contribution is 2.27. The number of benzene rings is 2. The molecule has 0 unspecified atom stereocenters. The maximum absolute atomic E-state index is 14.5. The zero-order valence-corrected chi connectivity index (χ0v) is 17.1. The van der Waals surface area contributed by atoms with Crippen molar-refractivity contribution in [1.29, 1.82) is 0 Å². The van der Waals surface area contributed by atoms with Crippen LogP contribution in [-0.4, -0.2) is 23.7 Å². The van der Waals surface area contributed by atoms with Crippen LogP contribution >= 0.6 is 0 Å². The van der Waals surface area contributed by atoms with Gasteiger partial charge >= 0.3 is 0 Å². The molecule has 154 valence electrons. The van der Waals surface area contributed by atoms with Gasteiger partial charge < -0.3 is 10.6 Å². The number of hydrogen-bond donors (Lipinski definition) is 1. The molecule has 0 radical (unpaired) electrons. The molecule has 1 aromatic heterocycles. The van der Waals surface area contributed by atoms with Gasteiger partial charge in [-0.05, 0) is 41.3 Å². The lowest BCUT2D eigenvalue weighted by Gasteiger charge is -2.17. The van der Waals surface area contributed by atoms with E-state index in [2.05, 4.69) is 4.98 Å². The van der Waals surface area contributed by atoms with Crippen LogP contribution in [0.25, 0.3) is 11.1 Å². The zero-order valence-electron chi connectivity index (χ0n) is 17.1. The second-order valence-electron chi connectivity index (χ2n) is 7.06. The molecule has 0 aliphatic heterocycles. The second kappa shape index (κ2) is 9.31. The first-order valence-corrected chi connectivity index (χ1v) is 9.79. The van der Waals surface area contributed by atoms with Gasteiger partial charge in [-0.15, -0.1) is 0 Å². The van der Waals surface area contributed by atoms with Gasteiger partial charge in [0.25, 0.3) is 0 Å². The molecule has 0 spiro atoms. The number of nitrogens with two attached hydrogens (primary N) is 1. The van der Waals surface area contributed by atoms with Crippen molar-refractivity contribution in [3.05, 3.63) is 77.7 Å². The van der Waals surface area contributed by atoms with Crippen LogP contribution in [0.3, 0.4) is 0 Å². The summed E-state index contributed by atoms with van der Waals surface area (Å²) >= 11 is 0. The third kappa shape index (κ3) is 4.89. The summed E-state index contributed by atoms with van der Waals surface area (Å²) in [4.78, 5) is 29.6. The molecule has 0 saturated carbocycles. The van der Waals surface area contributed by atoms with Gasteiger partial charge in [0.05, 0.1) is 5.69 Å². The van der Waals surface area contributed by atoms with Crippen molar-refractivity contribution in [2.24, 2.45) is 0 Å². The monoisotopic (exact) mass is 405 g/mol. The fourth-order valence-corrected chi connectivity index (χ4v) is 3.16. The lowest BCUT2D eigenvalue weighted by Crippen LogP contribution is -2.25. The molecule has 3 aromatic rings. The highest BCUT2D eigenvalue weighted by molar-refractivity contribution is 5.96. The predicted octanol–water partition coefficient (Wildman–Crippen LogP) is 4.66. The predicted molar refractivity (Wildman–Crippen MR) is 117 cm³/mol. The highest BCUT2D eigenvalue weighted by Gasteiger charge is 2.14. The molecule has 0 atom stereocenters. The average molecular weight is 405 g/mol. The number of carbonyl (C=O) groups is 2. The van der Waals surface area contributed by atoms with Crippen LogP contribution < -0.4 is 10.6 Å². The molecular weight excluding hydrogens is 381 g/mol. The molecule has 0 fully saturated rings. The quantitative estimate of drug-likeness (QED) is 0.580. The number of nitrogens with zero attached hydrogens (tertiary/aromatic N) is 2. The SMILES string of the molecule is CCC(=O)N(C)c1ccc(-c2ccc(C(=O)CCc3ccc(N)nc3)cc2)cc1F. The van der Waals surface area contributed by atoms with E-state index in [9.17, 15) is 14.0 Å². The van der Waals surface area contributed by atoms with Gasteiger partial charge in [-0.2, -0.15) is 0 Å². The van der Waals surface area contributed by atoms with E-state index in [0.29, 0.717) is 36.2 Å². The Morgan fingerprint density at radius 1 is 1.03 bits per heavy atom. The van der Waals surface area contributed by atoms with Gasteiger partial charge in [0.15, 0.2) is 5.78 Å². The number of aryl methyl sites for hydroxylation is 1. The Morgan fingerprint density at radius 3 is 2.33 bits per heavy atom. The smallest absolute Gasteiger partial charge is 0.226 e. The standard InChI is InChI=1S/C24H24FN3O2/c1-3-24(30)28(2)21-11-10-19(14-20(21)25)17-6-8-18(9-7-17)22(29)12-4-16-5-13-23(26)27-15-16/h5-11,13-15H,3-4,12H2,1-2H3,(H2,26,27). The first-order valence-electron chi connectivity index (χ1n) is 9.79. The van der Waals surface area contributed by atoms with E-state index in [0.717, 1.165) is 11.1 Å². The van der Waals surface area contributed by atoms with Crippen LogP contribution in [0.4, 0.5) is 15.9 Å². The van der Waals surface area contributed by atoms with Crippen LogP contribution in [0.2, 0.25) is 0 Å². The maximum Gasteiger partial charge on any atom is 0.226 e. The van der Waals surface area contributed by atoms with Crippen molar-refractivity contribution in [3.63, 3.8) is 0 Å². The minimum absolute atomic E-state index is 0.0274. The molecule has 2 N–H and O–H groups in total. The molecule has 2 aromatic carbocycles. The minimum atomic E-state index is -0.464. The van der Waals surface area contributed by atoms with Gasteiger partial charge in [-0.25, -0.2) is 9.37 Å². The fourth-order valence-electron chi connectivity index (χ4n) is 3.16. The van der Waals surface area contributed by atoms with Gasteiger partial charge in [0.2, 0.25) is 5.91 Å². The summed E-state index contributed by atoms with van der Waals surface area (Å²) in [7, 11) is 1.56. The van der Waals surface area contributed by atoms with Crippen LogP contribution in [-0.2, 0) is 11.2 Å². The molecule has 1 amide bonds. The number of anilines is 2.